The van der Waals surface area contributed by atoms with Crippen molar-refractivity contribution in [1.29, 1.82) is 0 Å². The van der Waals surface area contributed by atoms with Crippen LogP contribution in [0.2, 0.25) is 0 Å². The SMILES string of the molecule is CCCCCCCCCCCCCCCCCCSCCO[C@H]1O[C@H](CO)[C@@H](O[C@@H]2O[C@H](CO)[C@H](O[C@@H]3O[C@H](CO)[C@H](O)[C@H](O)[C@H]3O)[C@H](O)[C@H]2O)[C@H](O)[C@H]1O. The molecule has 0 aliphatic carbocycles. The van der Waals surface area contributed by atoms with Crippen LogP contribution in [0.3, 0.4) is 0 Å². The van der Waals surface area contributed by atoms with Crippen LogP contribution in [0.5, 0.6) is 0 Å². The standard InChI is InChI=1S/C38H72O16S/c1-2-3-4-5-6-7-8-9-10-11-12-13-14-15-16-17-19-55-20-18-49-36-32(47)29(44)34(25(22-40)51-36)54-38-33(48)30(45)35(26(23-41)52-38)53-37-31(46)28(43)27(42)24(21-39)50-37/h24-48H,2-23H2,1H3/t24-,25-,26-,27+,28+,29-,30-,31-,32-,33-,34-,35+,36+,37+,38+/m1/s1. The number of thioether (sulfide) groups is 1. The van der Waals surface area contributed by atoms with Gasteiger partial charge in [-0.05, 0) is 12.2 Å². The molecular formula is C38H72O16S. The molecule has 10 N–H and O–H groups in total. The first-order chi connectivity index (χ1) is 26.6. The van der Waals surface area contributed by atoms with E-state index in [0.717, 1.165) is 12.2 Å². The van der Waals surface area contributed by atoms with E-state index in [4.69, 9.17) is 28.4 Å². The van der Waals surface area contributed by atoms with Gasteiger partial charge >= 0.3 is 0 Å². The Morgan fingerprint density at radius 3 is 1.25 bits per heavy atom. The number of aliphatic hydroxyl groups excluding tert-OH is 10. The van der Waals surface area contributed by atoms with Crippen LogP contribution in [-0.4, -0.2) is 181 Å². The Kier molecular flexibility index (Phi) is 24.5. The summed E-state index contributed by atoms with van der Waals surface area (Å²) >= 11 is 1.72. The van der Waals surface area contributed by atoms with E-state index in [0.29, 0.717) is 5.75 Å². The summed E-state index contributed by atoms with van der Waals surface area (Å²) in [6.45, 7) is 0.291. The Hall–Kier alpha value is -0.290. The fraction of sp³-hybridized carbons (Fsp3) is 1.00. The maximum absolute atomic E-state index is 10.9. The smallest absolute Gasteiger partial charge is 0.187 e. The van der Waals surface area contributed by atoms with E-state index in [9.17, 15) is 51.1 Å². The largest absolute Gasteiger partial charge is 0.394 e. The lowest BCUT2D eigenvalue weighted by atomic mass is 9.96. The van der Waals surface area contributed by atoms with Crippen LogP contribution in [0.15, 0.2) is 0 Å². The summed E-state index contributed by atoms with van der Waals surface area (Å²) in [5.74, 6) is 1.62. The second-order valence-corrected chi connectivity index (χ2v) is 16.3. The Morgan fingerprint density at radius 1 is 0.418 bits per heavy atom. The van der Waals surface area contributed by atoms with Crippen molar-refractivity contribution in [1.82, 2.24) is 0 Å². The van der Waals surface area contributed by atoms with Crippen LogP contribution in [-0.2, 0) is 28.4 Å². The van der Waals surface area contributed by atoms with Gasteiger partial charge in [0.05, 0.1) is 26.4 Å². The second-order valence-electron chi connectivity index (χ2n) is 15.1. The lowest BCUT2D eigenvalue weighted by Gasteiger charge is -2.48. The number of ether oxygens (including phenoxy) is 6. The lowest BCUT2D eigenvalue weighted by molar-refractivity contribution is -0.379. The Balaban J connectivity index is 1.30. The first-order valence-electron chi connectivity index (χ1n) is 20.6. The van der Waals surface area contributed by atoms with E-state index in [1.165, 1.54) is 96.3 Å². The lowest BCUT2D eigenvalue weighted by Crippen LogP contribution is -2.66. The monoisotopic (exact) mass is 816 g/mol. The highest BCUT2D eigenvalue weighted by molar-refractivity contribution is 7.99. The van der Waals surface area contributed by atoms with Crippen molar-refractivity contribution < 1.29 is 79.5 Å². The number of hydrogen-bond donors (Lipinski definition) is 10. The van der Waals surface area contributed by atoms with Crippen LogP contribution >= 0.6 is 11.8 Å². The highest BCUT2D eigenvalue weighted by Crippen LogP contribution is 2.32. The molecule has 0 saturated carbocycles. The molecule has 3 aliphatic heterocycles. The summed E-state index contributed by atoms with van der Waals surface area (Å²) in [5, 5.41) is 103. The minimum absolute atomic E-state index is 0.228. The highest BCUT2D eigenvalue weighted by Gasteiger charge is 2.53. The number of hydrogen-bond acceptors (Lipinski definition) is 17. The number of aliphatic hydroxyl groups is 10. The first-order valence-corrected chi connectivity index (χ1v) is 21.8. The van der Waals surface area contributed by atoms with E-state index in [1.54, 1.807) is 11.8 Å². The van der Waals surface area contributed by atoms with Crippen molar-refractivity contribution in [2.75, 3.05) is 37.9 Å². The van der Waals surface area contributed by atoms with E-state index in [-0.39, 0.29) is 6.61 Å². The van der Waals surface area contributed by atoms with Crippen LogP contribution in [0.4, 0.5) is 0 Å². The quantitative estimate of drug-likeness (QED) is 0.0481. The van der Waals surface area contributed by atoms with Crippen molar-refractivity contribution in [3.05, 3.63) is 0 Å². The third-order valence-corrected chi connectivity index (χ3v) is 11.8. The molecular weight excluding hydrogens is 744 g/mol. The zero-order valence-electron chi connectivity index (χ0n) is 32.5. The highest BCUT2D eigenvalue weighted by atomic mass is 32.2. The molecule has 17 heteroatoms. The summed E-state index contributed by atoms with van der Waals surface area (Å²) in [6.07, 6.45) is -2.79. The molecule has 326 valence electrons. The van der Waals surface area contributed by atoms with Crippen LogP contribution < -0.4 is 0 Å². The molecule has 0 unspecified atom stereocenters. The Labute approximate surface area is 330 Å². The van der Waals surface area contributed by atoms with E-state index >= 15 is 0 Å². The predicted molar refractivity (Wildman–Crippen MR) is 202 cm³/mol. The molecule has 15 atom stereocenters. The zero-order chi connectivity index (χ0) is 40.2. The predicted octanol–water partition coefficient (Wildman–Crippen LogP) is 0.446. The summed E-state index contributed by atoms with van der Waals surface area (Å²) < 4.78 is 33.6. The van der Waals surface area contributed by atoms with Gasteiger partial charge in [0.1, 0.15) is 73.2 Å². The molecule has 0 amide bonds. The fourth-order valence-corrected chi connectivity index (χ4v) is 8.08. The van der Waals surface area contributed by atoms with E-state index in [1.807, 2.05) is 0 Å². The summed E-state index contributed by atoms with van der Waals surface area (Å²) in [7, 11) is 0. The third-order valence-electron chi connectivity index (χ3n) is 10.7. The molecule has 3 rings (SSSR count). The Bertz CT molecular complexity index is 968. The number of rotatable bonds is 28. The maximum atomic E-state index is 10.9. The van der Waals surface area contributed by atoms with E-state index < -0.39 is 112 Å². The van der Waals surface area contributed by atoms with Gasteiger partial charge in [-0.1, -0.05) is 103 Å². The molecule has 0 spiro atoms. The minimum atomic E-state index is -1.89. The average molecular weight is 817 g/mol. The summed E-state index contributed by atoms with van der Waals surface area (Å²) in [6, 6.07) is 0. The minimum Gasteiger partial charge on any atom is -0.394 e. The van der Waals surface area contributed by atoms with Crippen LogP contribution in [0, 0.1) is 0 Å². The third kappa shape index (κ3) is 15.7. The maximum Gasteiger partial charge on any atom is 0.187 e. The topological polar surface area (TPSA) is 258 Å². The zero-order valence-corrected chi connectivity index (χ0v) is 33.4. The van der Waals surface area contributed by atoms with Crippen molar-refractivity contribution in [3.63, 3.8) is 0 Å². The molecule has 0 bridgehead atoms. The van der Waals surface area contributed by atoms with Gasteiger partial charge in [0, 0.05) is 5.75 Å². The summed E-state index contributed by atoms with van der Waals surface area (Å²) in [5.41, 5.74) is 0. The second kappa shape index (κ2) is 27.5. The molecule has 16 nitrogen and oxygen atoms in total. The van der Waals surface area contributed by atoms with E-state index in [2.05, 4.69) is 6.92 Å². The van der Waals surface area contributed by atoms with Gasteiger partial charge in [0.2, 0.25) is 0 Å². The molecule has 0 aromatic carbocycles. The van der Waals surface area contributed by atoms with Gasteiger partial charge in [-0.15, -0.1) is 0 Å². The molecule has 3 heterocycles. The van der Waals surface area contributed by atoms with Crippen molar-refractivity contribution >= 4 is 11.8 Å². The molecule has 3 aliphatic rings. The first kappa shape index (κ1) is 49.1. The molecule has 3 saturated heterocycles. The normalized spacial score (nSPS) is 37.0. The van der Waals surface area contributed by atoms with Gasteiger partial charge < -0.3 is 79.5 Å². The van der Waals surface area contributed by atoms with Crippen molar-refractivity contribution in [2.45, 2.75) is 202 Å². The van der Waals surface area contributed by atoms with Crippen LogP contribution in [0.1, 0.15) is 110 Å². The van der Waals surface area contributed by atoms with Crippen molar-refractivity contribution in [3.8, 4) is 0 Å². The molecule has 55 heavy (non-hydrogen) atoms. The summed E-state index contributed by atoms with van der Waals surface area (Å²) in [4.78, 5) is 0. The average Bonchev–Trinajstić information content (AvgIpc) is 3.19. The molecule has 0 radical (unpaired) electrons. The van der Waals surface area contributed by atoms with Crippen LogP contribution in [0.25, 0.3) is 0 Å². The van der Waals surface area contributed by atoms with Gasteiger partial charge in [-0.2, -0.15) is 11.8 Å². The van der Waals surface area contributed by atoms with Gasteiger partial charge in [-0.25, -0.2) is 0 Å². The number of unbranched alkanes of at least 4 members (excludes halogenated alkanes) is 15. The van der Waals surface area contributed by atoms with Gasteiger partial charge in [0.25, 0.3) is 0 Å². The Morgan fingerprint density at radius 2 is 0.800 bits per heavy atom. The van der Waals surface area contributed by atoms with Crippen molar-refractivity contribution in [2.24, 2.45) is 0 Å². The molecule has 3 fully saturated rings. The fourth-order valence-electron chi connectivity index (χ4n) is 7.26. The van der Waals surface area contributed by atoms with Gasteiger partial charge in [-0.3, -0.25) is 0 Å². The van der Waals surface area contributed by atoms with Gasteiger partial charge in [0.15, 0.2) is 18.9 Å². The molecule has 0 aromatic heterocycles. The molecule has 0 aromatic rings.